The van der Waals surface area contributed by atoms with Gasteiger partial charge in [-0.3, -0.25) is 10.1 Å². The van der Waals surface area contributed by atoms with Crippen molar-refractivity contribution in [3.05, 3.63) is 40.6 Å². The molecule has 0 aliphatic heterocycles. The summed E-state index contributed by atoms with van der Waals surface area (Å²) in [5.41, 5.74) is 1.18. The summed E-state index contributed by atoms with van der Waals surface area (Å²) in [6.45, 7) is 2.13. The summed E-state index contributed by atoms with van der Waals surface area (Å²) < 4.78 is 0. The van der Waals surface area contributed by atoms with Crippen LogP contribution >= 0.6 is 0 Å². The molecule has 0 spiro atoms. The normalized spacial score (nSPS) is 12.3. The Morgan fingerprint density at radius 1 is 1.45 bits per heavy atom. The average molecular weight is 275 g/mol. The van der Waals surface area contributed by atoms with Gasteiger partial charge in [0.05, 0.1) is 4.92 Å². The van der Waals surface area contributed by atoms with Crippen LogP contribution in [0.4, 0.5) is 11.4 Å². The zero-order chi connectivity index (χ0) is 14.5. The number of non-ortho nitro benzene ring substituents is 1. The predicted molar refractivity (Wildman–Crippen MR) is 77.8 cm³/mol. The van der Waals surface area contributed by atoms with Gasteiger partial charge in [0.25, 0.3) is 5.69 Å². The minimum atomic E-state index is -0.426. The number of aliphatic hydroxyl groups is 1. The SMILES string of the molecule is CCC(CCO)Nc1ccnc2c([N+](=O)[O-])cccc12. The van der Waals surface area contributed by atoms with E-state index in [2.05, 4.69) is 10.3 Å². The molecule has 0 saturated carbocycles. The first-order valence-corrected chi connectivity index (χ1v) is 6.57. The molecule has 6 nitrogen and oxygen atoms in total. The zero-order valence-electron chi connectivity index (χ0n) is 11.2. The fraction of sp³-hybridized carbons (Fsp3) is 0.357. The van der Waals surface area contributed by atoms with Gasteiger partial charge in [-0.25, -0.2) is 4.98 Å². The molecule has 2 N–H and O–H groups in total. The van der Waals surface area contributed by atoms with Crippen molar-refractivity contribution in [3.63, 3.8) is 0 Å². The second kappa shape index (κ2) is 6.29. The van der Waals surface area contributed by atoms with E-state index in [1.54, 1.807) is 18.3 Å². The van der Waals surface area contributed by atoms with Gasteiger partial charge < -0.3 is 10.4 Å². The molecule has 2 rings (SSSR count). The lowest BCUT2D eigenvalue weighted by Crippen LogP contribution is -2.20. The molecule has 0 radical (unpaired) electrons. The van der Waals surface area contributed by atoms with Gasteiger partial charge in [-0.15, -0.1) is 0 Å². The Morgan fingerprint density at radius 2 is 2.25 bits per heavy atom. The van der Waals surface area contributed by atoms with Gasteiger partial charge in [-0.2, -0.15) is 0 Å². The van der Waals surface area contributed by atoms with Crippen molar-refractivity contribution in [1.82, 2.24) is 4.98 Å². The third-order valence-corrected chi connectivity index (χ3v) is 3.28. The molecule has 1 aromatic carbocycles. The van der Waals surface area contributed by atoms with E-state index >= 15 is 0 Å². The van der Waals surface area contributed by atoms with Gasteiger partial charge >= 0.3 is 0 Å². The largest absolute Gasteiger partial charge is 0.396 e. The molecule has 1 heterocycles. The highest BCUT2D eigenvalue weighted by atomic mass is 16.6. The maximum atomic E-state index is 11.0. The molecule has 6 heteroatoms. The van der Waals surface area contributed by atoms with Crippen LogP contribution in [0.3, 0.4) is 0 Å². The molecule has 0 fully saturated rings. The number of benzene rings is 1. The van der Waals surface area contributed by atoms with Crippen LogP contribution in [0.15, 0.2) is 30.5 Å². The lowest BCUT2D eigenvalue weighted by molar-refractivity contribution is -0.383. The summed E-state index contributed by atoms with van der Waals surface area (Å²) in [5.74, 6) is 0. The van der Waals surface area contributed by atoms with Gasteiger partial charge in [0.15, 0.2) is 0 Å². The van der Waals surface area contributed by atoms with Gasteiger partial charge in [-0.05, 0) is 18.9 Å². The van der Waals surface area contributed by atoms with Crippen molar-refractivity contribution < 1.29 is 10.0 Å². The Morgan fingerprint density at radius 3 is 2.90 bits per heavy atom. The second-order valence-electron chi connectivity index (χ2n) is 4.55. The molecule has 0 aliphatic rings. The Balaban J connectivity index is 2.44. The summed E-state index contributed by atoms with van der Waals surface area (Å²) in [5, 5.41) is 24.1. The standard InChI is InChI=1S/C14H17N3O3/c1-2-10(7-9-18)16-12-6-8-15-14-11(12)4-3-5-13(14)17(19)20/h3-6,8,10,18H,2,7,9H2,1H3,(H,15,16). The highest BCUT2D eigenvalue weighted by molar-refractivity contribution is 5.96. The Bertz CT molecular complexity index is 616. The fourth-order valence-corrected chi connectivity index (χ4v) is 2.19. The minimum absolute atomic E-state index is 0.00126. The van der Waals surface area contributed by atoms with E-state index in [4.69, 9.17) is 5.11 Å². The second-order valence-corrected chi connectivity index (χ2v) is 4.55. The van der Waals surface area contributed by atoms with Crippen LogP contribution in [0, 0.1) is 10.1 Å². The number of hydrogen-bond acceptors (Lipinski definition) is 5. The molecule has 106 valence electrons. The van der Waals surface area contributed by atoms with Crippen molar-refractivity contribution in [2.75, 3.05) is 11.9 Å². The quantitative estimate of drug-likeness (QED) is 0.625. The van der Waals surface area contributed by atoms with Crippen LogP contribution in [0.2, 0.25) is 0 Å². The number of aliphatic hydroxyl groups excluding tert-OH is 1. The summed E-state index contributed by atoms with van der Waals surface area (Å²) in [6.07, 6.45) is 3.05. The first-order valence-electron chi connectivity index (χ1n) is 6.57. The number of hydrogen-bond donors (Lipinski definition) is 2. The molecule has 0 bridgehead atoms. The summed E-state index contributed by atoms with van der Waals surface area (Å²) in [6, 6.07) is 6.84. The summed E-state index contributed by atoms with van der Waals surface area (Å²) in [7, 11) is 0. The highest BCUT2D eigenvalue weighted by Gasteiger charge is 2.15. The maximum Gasteiger partial charge on any atom is 0.295 e. The Kier molecular flexibility index (Phi) is 4.47. The first-order chi connectivity index (χ1) is 9.67. The smallest absolute Gasteiger partial charge is 0.295 e. The van der Waals surface area contributed by atoms with E-state index in [0.717, 1.165) is 17.5 Å². The van der Waals surface area contributed by atoms with E-state index in [0.29, 0.717) is 11.9 Å². The fourth-order valence-electron chi connectivity index (χ4n) is 2.19. The molecule has 20 heavy (non-hydrogen) atoms. The zero-order valence-corrected chi connectivity index (χ0v) is 11.2. The molecule has 0 aliphatic carbocycles. The third kappa shape index (κ3) is 2.85. The monoisotopic (exact) mass is 275 g/mol. The molecule has 0 saturated heterocycles. The average Bonchev–Trinajstić information content (AvgIpc) is 2.46. The first kappa shape index (κ1) is 14.2. The van der Waals surface area contributed by atoms with Crippen molar-refractivity contribution >= 4 is 22.3 Å². The van der Waals surface area contributed by atoms with Crippen LogP contribution in [0.5, 0.6) is 0 Å². The van der Waals surface area contributed by atoms with E-state index in [1.807, 2.05) is 13.0 Å². The number of nitro groups is 1. The number of para-hydroxylation sites is 1. The van der Waals surface area contributed by atoms with Crippen LogP contribution < -0.4 is 5.32 Å². The lowest BCUT2D eigenvalue weighted by Gasteiger charge is -2.18. The van der Waals surface area contributed by atoms with Gasteiger partial charge in [0, 0.05) is 36.0 Å². The van der Waals surface area contributed by atoms with E-state index in [-0.39, 0.29) is 18.3 Å². The molecule has 2 aromatic rings. The third-order valence-electron chi connectivity index (χ3n) is 3.28. The van der Waals surface area contributed by atoms with Gasteiger partial charge in [0.1, 0.15) is 5.52 Å². The lowest BCUT2D eigenvalue weighted by atomic mass is 10.1. The van der Waals surface area contributed by atoms with E-state index in [9.17, 15) is 10.1 Å². The number of nitrogens with one attached hydrogen (secondary N) is 1. The Hall–Kier alpha value is -2.21. The minimum Gasteiger partial charge on any atom is -0.396 e. The van der Waals surface area contributed by atoms with Crippen molar-refractivity contribution in [3.8, 4) is 0 Å². The number of nitrogens with zero attached hydrogens (tertiary/aromatic N) is 2. The summed E-state index contributed by atoms with van der Waals surface area (Å²) >= 11 is 0. The predicted octanol–water partition coefficient (Wildman–Crippen LogP) is 2.72. The molecule has 1 aromatic heterocycles. The van der Waals surface area contributed by atoms with Crippen LogP contribution in [-0.4, -0.2) is 27.7 Å². The van der Waals surface area contributed by atoms with Gasteiger partial charge in [0.2, 0.25) is 0 Å². The molecule has 1 unspecified atom stereocenters. The van der Waals surface area contributed by atoms with Crippen molar-refractivity contribution in [2.45, 2.75) is 25.8 Å². The van der Waals surface area contributed by atoms with Crippen LogP contribution in [0.25, 0.3) is 10.9 Å². The van der Waals surface area contributed by atoms with Crippen molar-refractivity contribution in [2.24, 2.45) is 0 Å². The number of fused-ring (bicyclic) bond motifs is 1. The molecule has 0 amide bonds. The number of rotatable bonds is 6. The Labute approximate surface area is 116 Å². The summed E-state index contributed by atoms with van der Waals surface area (Å²) in [4.78, 5) is 14.7. The highest BCUT2D eigenvalue weighted by Crippen LogP contribution is 2.29. The number of aromatic nitrogens is 1. The van der Waals surface area contributed by atoms with E-state index < -0.39 is 4.92 Å². The van der Waals surface area contributed by atoms with Crippen molar-refractivity contribution in [1.29, 1.82) is 0 Å². The van der Waals surface area contributed by atoms with Crippen LogP contribution in [-0.2, 0) is 0 Å². The van der Waals surface area contributed by atoms with E-state index in [1.165, 1.54) is 6.07 Å². The topological polar surface area (TPSA) is 88.3 Å². The maximum absolute atomic E-state index is 11.0. The van der Waals surface area contributed by atoms with Crippen LogP contribution in [0.1, 0.15) is 19.8 Å². The number of pyridine rings is 1. The number of anilines is 1. The molecular weight excluding hydrogens is 258 g/mol. The number of nitro benzene ring substituents is 1. The van der Waals surface area contributed by atoms with Gasteiger partial charge in [-0.1, -0.05) is 19.1 Å². The molecule has 1 atom stereocenters. The molecular formula is C14H17N3O3.